The topological polar surface area (TPSA) is 51.8 Å². The van der Waals surface area contributed by atoms with Crippen molar-refractivity contribution in [2.75, 3.05) is 0 Å². The number of furan rings is 1. The van der Waals surface area contributed by atoms with Gasteiger partial charge in [-0.2, -0.15) is 0 Å². The monoisotopic (exact) mass is 667 g/mol. The number of nitrogens with zero attached hydrogens (tertiary/aromatic N) is 3. The fourth-order valence-corrected chi connectivity index (χ4v) is 8.05. The molecule has 10 rings (SSSR count). The van der Waals surface area contributed by atoms with Crippen molar-refractivity contribution in [2.45, 2.75) is 19.3 Å². The smallest absolute Gasteiger partial charge is 0.164 e. The summed E-state index contributed by atoms with van der Waals surface area (Å²) in [5.41, 5.74) is 14.5. The molecule has 0 radical (unpaired) electrons. The van der Waals surface area contributed by atoms with Crippen LogP contribution in [0.4, 0.5) is 0 Å². The van der Waals surface area contributed by atoms with Gasteiger partial charge in [0.2, 0.25) is 0 Å². The van der Waals surface area contributed by atoms with Gasteiger partial charge in [-0.3, -0.25) is 0 Å². The predicted molar refractivity (Wildman–Crippen MR) is 212 cm³/mol. The van der Waals surface area contributed by atoms with Gasteiger partial charge in [-0.15, -0.1) is 0 Å². The first-order valence-corrected chi connectivity index (χ1v) is 17.7. The van der Waals surface area contributed by atoms with E-state index in [9.17, 15) is 0 Å². The molecule has 7 aromatic carbocycles. The molecule has 0 saturated heterocycles. The molecule has 0 bridgehead atoms. The minimum absolute atomic E-state index is 0.0749. The lowest BCUT2D eigenvalue weighted by Gasteiger charge is -2.24. The largest absolute Gasteiger partial charge is 0.456 e. The van der Waals surface area contributed by atoms with Crippen molar-refractivity contribution in [1.29, 1.82) is 0 Å². The summed E-state index contributed by atoms with van der Waals surface area (Å²) in [4.78, 5) is 15.0. The van der Waals surface area contributed by atoms with Crippen molar-refractivity contribution in [3.05, 3.63) is 175 Å². The fourth-order valence-electron chi connectivity index (χ4n) is 8.05. The summed E-state index contributed by atoms with van der Waals surface area (Å²) in [6.07, 6.45) is 0. The Morgan fingerprint density at radius 1 is 0.404 bits per heavy atom. The predicted octanol–water partition coefficient (Wildman–Crippen LogP) is 12.4. The molecule has 0 N–H and O–H groups in total. The van der Waals surface area contributed by atoms with Gasteiger partial charge < -0.3 is 4.42 Å². The quantitative estimate of drug-likeness (QED) is 0.183. The first-order chi connectivity index (χ1) is 25.5. The highest BCUT2D eigenvalue weighted by atomic mass is 16.3. The molecule has 1 aliphatic carbocycles. The molecule has 0 spiro atoms. The number of benzene rings is 7. The molecule has 9 aromatic rings. The molecule has 0 fully saturated rings. The van der Waals surface area contributed by atoms with Gasteiger partial charge in [0.25, 0.3) is 0 Å². The SMILES string of the molecule is CC1(C)c2ccccc2-c2cccc(-c3ccc(-c4ccc5oc6cccc(-c7nc(-c8ccccc8)nc(-c8ccccc8)n7)c6c5c4)cc3)c21. The van der Waals surface area contributed by atoms with Gasteiger partial charge in [0.05, 0.1) is 0 Å². The van der Waals surface area contributed by atoms with E-state index in [0.717, 1.165) is 49.8 Å². The van der Waals surface area contributed by atoms with Crippen molar-refractivity contribution in [3.8, 4) is 67.5 Å². The van der Waals surface area contributed by atoms with Gasteiger partial charge in [0, 0.05) is 32.9 Å². The average molecular weight is 668 g/mol. The lowest BCUT2D eigenvalue weighted by Crippen LogP contribution is -2.16. The molecular formula is C48H33N3O. The van der Waals surface area contributed by atoms with E-state index in [1.54, 1.807) is 0 Å². The van der Waals surface area contributed by atoms with E-state index in [1.165, 1.54) is 33.4 Å². The Kier molecular flexibility index (Phi) is 6.80. The molecule has 1 aliphatic rings. The van der Waals surface area contributed by atoms with Crippen LogP contribution in [-0.2, 0) is 5.41 Å². The fraction of sp³-hybridized carbons (Fsp3) is 0.0625. The van der Waals surface area contributed by atoms with Crippen LogP contribution in [0.25, 0.3) is 89.5 Å². The molecule has 2 heterocycles. The van der Waals surface area contributed by atoms with Crippen LogP contribution < -0.4 is 0 Å². The first kappa shape index (κ1) is 30.2. The van der Waals surface area contributed by atoms with E-state index in [2.05, 4.69) is 105 Å². The van der Waals surface area contributed by atoms with E-state index >= 15 is 0 Å². The summed E-state index contributed by atoms with van der Waals surface area (Å²) in [6, 6.07) is 57.2. The molecule has 52 heavy (non-hydrogen) atoms. The Morgan fingerprint density at radius 3 is 1.69 bits per heavy atom. The number of aromatic nitrogens is 3. The van der Waals surface area contributed by atoms with Gasteiger partial charge in [-0.25, -0.2) is 15.0 Å². The highest BCUT2D eigenvalue weighted by molar-refractivity contribution is 6.12. The second-order valence-electron chi connectivity index (χ2n) is 14.0. The van der Waals surface area contributed by atoms with Crippen LogP contribution >= 0.6 is 0 Å². The maximum Gasteiger partial charge on any atom is 0.164 e. The van der Waals surface area contributed by atoms with Crippen molar-refractivity contribution in [2.24, 2.45) is 0 Å². The number of rotatable bonds is 5. The van der Waals surface area contributed by atoms with E-state index in [4.69, 9.17) is 19.4 Å². The normalized spacial score (nSPS) is 13.0. The van der Waals surface area contributed by atoms with Crippen molar-refractivity contribution < 1.29 is 4.42 Å². The summed E-state index contributed by atoms with van der Waals surface area (Å²) >= 11 is 0. The Labute approximate surface area is 302 Å². The number of hydrogen-bond donors (Lipinski definition) is 0. The van der Waals surface area contributed by atoms with Crippen LogP contribution in [0.3, 0.4) is 0 Å². The summed E-state index contributed by atoms with van der Waals surface area (Å²) in [6.45, 7) is 4.69. The Balaban J connectivity index is 1.08. The van der Waals surface area contributed by atoms with E-state index in [-0.39, 0.29) is 5.41 Å². The maximum atomic E-state index is 6.43. The molecule has 0 aliphatic heterocycles. The Hall–Kier alpha value is -6.65. The lowest BCUT2D eigenvalue weighted by atomic mass is 9.79. The molecule has 0 saturated carbocycles. The molecule has 0 amide bonds. The van der Waals surface area contributed by atoms with Crippen LogP contribution in [0.2, 0.25) is 0 Å². The van der Waals surface area contributed by atoms with Crippen LogP contribution in [-0.4, -0.2) is 15.0 Å². The second kappa shape index (κ2) is 11.7. The van der Waals surface area contributed by atoms with Gasteiger partial charge >= 0.3 is 0 Å². The van der Waals surface area contributed by atoms with Crippen molar-refractivity contribution in [3.63, 3.8) is 0 Å². The Bertz CT molecular complexity index is 2740. The van der Waals surface area contributed by atoms with E-state index < -0.39 is 0 Å². The zero-order chi connectivity index (χ0) is 34.8. The van der Waals surface area contributed by atoms with Gasteiger partial charge in [-0.1, -0.05) is 159 Å². The van der Waals surface area contributed by atoms with Crippen molar-refractivity contribution in [1.82, 2.24) is 15.0 Å². The molecule has 2 aromatic heterocycles. The van der Waals surface area contributed by atoms with Gasteiger partial charge in [-0.05, 0) is 62.7 Å². The molecule has 0 atom stereocenters. The second-order valence-corrected chi connectivity index (χ2v) is 14.0. The third kappa shape index (κ3) is 4.79. The molecule has 4 nitrogen and oxygen atoms in total. The van der Waals surface area contributed by atoms with Crippen LogP contribution in [0.5, 0.6) is 0 Å². The third-order valence-electron chi connectivity index (χ3n) is 10.5. The minimum atomic E-state index is -0.0749. The van der Waals surface area contributed by atoms with E-state index in [0.29, 0.717) is 17.5 Å². The van der Waals surface area contributed by atoms with Gasteiger partial charge in [0.1, 0.15) is 11.2 Å². The molecule has 246 valence electrons. The van der Waals surface area contributed by atoms with Crippen molar-refractivity contribution >= 4 is 21.9 Å². The van der Waals surface area contributed by atoms with Crippen LogP contribution in [0.1, 0.15) is 25.0 Å². The van der Waals surface area contributed by atoms with E-state index in [1.807, 2.05) is 72.8 Å². The molecule has 4 heteroatoms. The Morgan fingerprint density at radius 2 is 0.962 bits per heavy atom. The zero-order valence-electron chi connectivity index (χ0n) is 28.8. The maximum absolute atomic E-state index is 6.43. The number of fused-ring (bicyclic) bond motifs is 6. The summed E-state index contributed by atoms with van der Waals surface area (Å²) in [7, 11) is 0. The summed E-state index contributed by atoms with van der Waals surface area (Å²) in [5.74, 6) is 1.87. The highest BCUT2D eigenvalue weighted by Crippen LogP contribution is 2.52. The average Bonchev–Trinajstić information content (AvgIpc) is 3.70. The highest BCUT2D eigenvalue weighted by Gasteiger charge is 2.37. The lowest BCUT2D eigenvalue weighted by molar-refractivity contribution is 0.662. The summed E-state index contributed by atoms with van der Waals surface area (Å²) < 4.78 is 6.43. The number of hydrogen-bond acceptors (Lipinski definition) is 4. The van der Waals surface area contributed by atoms with Gasteiger partial charge in [0.15, 0.2) is 17.5 Å². The first-order valence-electron chi connectivity index (χ1n) is 17.7. The summed E-state index contributed by atoms with van der Waals surface area (Å²) in [5, 5.41) is 2.01. The van der Waals surface area contributed by atoms with Crippen LogP contribution in [0, 0.1) is 0 Å². The molecule has 0 unspecified atom stereocenters. The molecular weight excluding hydrogens is 635 g/mol. The standard InChI is InChI=1S/C48H33N3O/c1-48(2)40-21-10-9-17-36(40)37-19-11-18-35(44(37)48)31-25-23-30(24-26-31)34-27-28-41-39(29-34)43-38(20-12-22-42(43)52-41)47-50-45(32-13-5-3-6-14-32)49-46(51-47)33-15-7-4-8-16-33/h3-29H,1-2H3. The van der Waals surface area contributed by atoms with Crippen LogP contribution in [0.15, 0.2) is 168 Å². The third-order valence-corrected chi connectivity index (χ3v) is 10.5. The minimum Gasteiger partial charge on any atom is -0.456 e. The zero-order valence-corrected chi connectivity index (χ0v) is 28.8.